The Bertz CT molecular complexity index is 2110. The summed E-state index contributed by atoms with van der Waals surface area (Å²) in [5.41, 5.74) is 3.60. The summed E-state index contributed by atoms with van der Waals surface area (Å²) in [5, 5.41) is 3.86. The zero-order valence-electron chi connectivity index (χ0n) is 24.4. The second kappa shape index (κ2) is 12.2. The Kier molecular flexibility index (Phi) is 7.99. The summed E-state index contributed by atoms with van der Waals surface area (Å²) in [4.78, 5) is 45.5. The molecule has 222 valence electrons. The summed E-state index contributed by atoms with van der Waals surface area (Å²) >= 11 is 1.26. The van der Waals surface area contributed by atoms with E-state index in [1.807, 2.05) is 95.7 Å². The number of hydrogen-bond donors (Lipinski definition) is 1. The predicted molar refractivity (Wildman–Crippen MR) is 170 cm³/mol. The standard InChI is InChI=1S/C34H30N4O5S/c1-4-43-29(39)20-37-19-23(26-15-8-9-16-27(26)37)18-28-33(41)38-31(22-11-10-14-25(17-22)42-3)30(21(2)35-34(38)44-28)32(40)36-24-12-6-5-7-13-24/h5-19,31H,4,20H2,1-3H3,(H,36,40)/b28-18-/t31-/m1/s1. The molecule has 0 radical (unpaired) electrons. The number of carbonyl (C=O) groups excluding carboxylic acids is 2. The van der Waals surface area contributed by atoms with Gasteiger partial charge < -0.3 is 19.4 Å². The molecule has 5 aromatic rings. The van der Waals surface area contributed by atoms with Crippen molar-refractivity contribution >= 4 is 45.9 Å². The molecule has 0 spiro atoms. The van der Waals surface area contributed by atoms with Crippen LogP contribution in [0.2, 0.25) is 0 Å². The van der Waals surface area contributed by atoms with Crippen LogP contribution in [0.15, 0.2) is 106 Å². The molecule has 0 saturated heterocycles. The van der Waals surface area contributed by atoms with Crippen LogP contribution in [0.5, 0.6) is 5.75 Å². The summed E-state index contributed by atoms with van der Waals surface area (Å²) in [6, 6.07) is 23.5. The highest BCUT2D eigenvalue weighted by Gasteiger charge is 2.33. The van der Waals surface area contributed by atoms with Crippen LogP contribution in [0.3, 0.4) is 0 Å². The Morgan fingerprint density at radius 1 is 1.05 bits per heavy atom. The van der Waals surface area contributed by atoms with Crippen molar-refractivity contribution in [2.75, 3.05) is 19.0 Å². The van der Waals surface area contributed by atoms with E-state index in [1.165, 1.54) is 11.3 Å². The van der Waals surface area contributed by atoms with Crippen molar-refractivity contribution in [3.05, 3.63) is 127 Å². The maximum atomic E-state index is 14.2. The van der Waals surface area contributed by atoms with Crippen molar-refractivity contribution in [3.8, 4) is 5.75 Å². The SMILES string of the molecule is CCOC(=O)Cn1cc(/C=c2\sc3n(c2=O)[C@H](c2cccc(OC)c2)C(C(=O)Nc2ccccc2)=C(C)N=3)c2ccccc21. The first-order valence-electron chi connectivity index (χ1n) is 14.1. The van der Waals surface area contributed by atoms with Crippen LogP contribution in [0.25, 0.3) is 17.0 Å². The number of carbonyl (C=O) groups is 2. The third-order valence-electron chi connectivity index (χ3n) is 7.42. The molecule has 1 amide bonds. The van der Waals surface area contributed by atoms with Gasteiger partial charge in [-0.25, -0.2) is 4.99 Å². The topological polar surface area (TPSA) is 104 Å². The number of fused-ring (bicyclic) bond motifs is 2. The summed E-state index contributed by atoms with van der Waals surface area (Å²) in [7, 11) is 1.58. The molecule has 1 aliphatic heterocycles. The molecule has 1 N–H and O–H groups in total. The fraction of sp³-hybridized carbons (Fsp3) is 0.176. The van der Waals surface area contributed by atoms with Crippen LogP contribution in [-0.2, 0) is 20.9 Å². The van der Waals surface area contributed by atoms with E-state index in [9.17, 15) is 14.4 Å². The molecule has 0 aliphatic carbocycles. The molecule has 0 unspecified atom stereocenters. The lowest BCUT2D eigenvalue weighted by Crippen LogP contribution is -2.40. The molecule has 6 rings (SSSR count). The van der Waals surface area contributed by atoms with Crippen LogP contribution in [-0.4, -0.2) is 34.7 Å². The van der Waals surface area contributed by atoms with Crippen molar-refractivity contribution in [1.82, 2.24) is 9.13 Å². The molecule has 10 heteroatoms. The minimum absolute atomic E-state index is 0.0539. The third-order valence-corrected chi connectivity index (χ3v) is 8.40. The lowest BCUT2D eigenvalue weighted by molar-refractivity contribution is -0.143. The van der Waals surface area contributed by atoms with E-state index < -0.39 is 6.04 Å². The highest BCUT2D eigenvalue weighted by atomic mass is 32.1. The number of rotatable bonds is 8. The van der Waals surface area contributed by atoms with Crippen LogP contribution in [0.4, 0.5) is 5.69 Å². The second-order valence-corrected chi connectivity index (χ2v) is 11.2. The van der Waals surface area contributed by atoms with Crippen molar-refractivity contribution in [3.63, 3.8) is 0 Å². The third kappa shape index (κ3) is 5.47. The Balaban J connectivity index is 1.50. The first-order valence-corrected chi connectivity index (χ1v) is 15.0. The monoisotopic (exact) mass is 606 g/mol. The smallest absolute Gasteiger partial charge is 0.325 e. The largest absolute Gasteiger partial charge is 0.497 e. The average molecular weight is 607 g/mol. The maximum absolute atomic E-state index is 14.2. The van der Waals surface area contributed by atoms with E-state index in [0.717, 1.165) is 22.0 Å². The van der Waals surface area contributed by atoms with Gasteiger partial charge in [-0.05, 0) is 55.8 Å². The van der Waals surface area contributed by atoms with Gasteiger partial charge in [0.2, 0.25) is 0 Å². The number of esters is 1. The minimum atomic E-state index is -0.739. The first-order chi connectivity index (χ1) is 21.4. The van der Waals surface area contributed by atoms with E-state index in [2.05, 4.69) is 5.32 Å². The molecule has 3 heterocycles. The number of thiazole rings is 1. The lowest BCUT2D eigenvalue weighted by Gasteiger charge is -2.25. The summed E-state index contributed by atoms with van der Waals surface area (Å²) in [6.07, 6.45) is 3.67. The van der Waals surface area contributed by atoms with E-state index in [4.69, 9.17) is 14.5 Å². The number of nitrogens with zero attached hydrogens (tertiary/aromatic N) is 3. The van der Waals surface area contributed by atoms with E-state index in [-0.39, 0.29) is 24.0 Å². The molecule has 0 fully saturated rings. The fourth-order valence-electron chi connectivity index (χ4n) is 5.47. The van der Waals surface area contributed by atoms with Crippen molar-refractivity contribution in [2.24, 2.45) is 4.99 Å². The van der Waals surface area contributed by atoms with Gasteiger partial charge >= 0.3 is 5.97 Å². The van der Waals surface area contributed by atoms with Crippen LogP contribution >= 0.6 is 11.3 Å². The van der Waals surface area contributed by atoms with Gasteiger partial charge in [0.15, 0.2) is 4.80 Å². The van der Waals surface area contributed by atoms with E-state index in [1.54, 1.807) is 25.5 Å². The van der Waals surface area contributed by atoms with Crippen molar-refractivity contribution < 1.29 is 19.1 Å². The number of methoxy groups -OCH3 is 1. The zero-order valence-corrected chi connectivity index (χ0v) is 25.3. The Morgan fingerprint density at radius 3 is 2.59 bits per heavy atom. The number of allylic oxidation sites excluding steroid dienone is 1. The van der Waals surface area contributed by atoms with Crippen molar-refractivity contribution in [1.29, 1.82) is 0 Å². The van der Waals surface area contributed by atoms with Gasteiger partial charge in [-0.1, -0.05) is 59.9 Å². The molecule has 1 aliphatic rings. The second-order valence-electron chi connectivity index (χ2n) is 10.2. The van der Waals surface area contributed by atoms with E-state index >= 15 is 0 Å². The number of amides is 1. The lowest BCUT2D eigenvalue weighted by atomic mass is 9.95. The number of nitrogens with one attached hydrogen (secondary N) is 1. The normalized spacial score (nSPS) is 14.7. The molecule has 9 nitrogen and oxygen atoms in total. The quantitative estimate of drug-likeness (QED) is 0.264. The highest BCUT2D eigenvalue weighted by Crippen LogP contribution is 2.32. The maximum Gasteiger partial charge on any atom is 0.325 e. The molecule has 3 aromatic carbocycles. The van der Waals surface area contributed by atoms with Crippen LogP contribution in [0.1, 0.15) is 31.0 Å². The van der Waals surface area contributed by atoms with Gasteiger partial charge in [-0.15, -0.1) is 0 Å². The Hall–Kier alpha value is -5.22. The highest BCUT2D eigenvalue weighted by molar-refractivity contribution is 7.07. The van der Waals surface area contributed by atoms with Gasteiger partial charge in [0.05, 0.1) is 35.6 Å². The van der Waals surface area contributed by atoms with Gasteiger partial charge in [0, 0.05) is 28.4 Å². The summed E-state index contributed by atoms with van der Waals surface area (Å²) in [5.74, 6) is -0.0765. The molecule has 0 bridgehead atoms. The van der Waals surface area contributed by atoms with Gasteiger partial charge in [0.1, 0.15) is 12.3 Å². The molecule has 44 heavy (non-hydrogen) atoms. The van der Waals surface area contributed by atoms with E-state index in [0.29, 0.717) is 38.6 Å². The number of anilines is 1. The molecule has 0 saturated carbocycles. The Labute approximate surface area is 257 Å². The predicted octanol–water partition coefficient (Wildman–Crippen LogP) is 4.40. The van der Waals surface area contributed by atoms with Crippen LogP contribution in [0, 0.1) is 0 Å². The first kappa shape index (κ1) is 28.9. The van der Waals surface area contributed by atoms with Crippen molar-refractivity contribution in [2.45, 2.75) is 26.4 Å². The molecule has 2 aromatic heterocycles. The average Bonchev–Trinajstić information content (AvgIpc) is 3.53. The number of aromatic nitrogens is 2. The minimum Gasteiger partial charge on any atom is -0.497 e. The Morgan fingerprint density at radius 2 is 1.82 bits per heavy atom. The zero-order chi connectivity index (χ0) is 30.8. The molecule has 1 atom stereocenters. The number of benzene rings is 3. The van der Waals surface area contributed by atoms with Gasteiger partial charge in [-0.3, -0.25) is 19.0 Å². The molecular formula is C34H30N4O5S. The van der Waals surface area contributed by atoms with Crippen LogP contribution < -0.4 is 24.9 Å². The number of para-hydroxylation sites is 2. The summed E-state index contributed by atoms with van der Waals surface area (Å²) < 4.78 is 14.5. The van der Waals surface area contributed by atoms with Gasteiger partial charge in [0.25, 0.3) is 11.5 Å². The number of ether oxygens (including phenoxy) is 2. The van der Waals surface area contributed by atoms with Gasteiger partial charge in [-0.2, -0.15) is 0 Å². The number of hydrogen-bond acceptors (Lipinski definition) is 7. The fourth-order valence-corrected chi connectivity index (χ4v) is 6.50. The summed E-state index contributed by atoms with van der Waals surface area (Å²) in [6.45, 7) is 3.91. The molecular weight excluding hydrogens is 576 g/mol.